The van der Waals surface area contributed by atoms with Crippen molar-refractivity contribution < 1.29 is 4.42 Å². The summed E-state index contributed by atoms with van der Waals surface area (Å²) < 4.78 is 7.34. The van der Waals surface area contributed by atoms with Crippen LogP contribution in [0.3, 0.4) is 0 Å². The molecule has 5 aromatic rings. The Balaban J connectivity index is 1.53. The van der Waals surface area contributed by atoms with Gasteiger partial charge in [0, 0.05) is 11.8 Å². The van der Waals surface area contributed by atoms with Gasteiger partial charge in [-0.2, -0.15) is 0 Å². The highest BCUT2D eigenvalue weighted by Gasteiger charge is 2.16. The minimum atomic E-state index is -0.165. The van der Waals surface area contributed by atoms with E-state index in [9.17, 15) is 4.79 Å². The van der Waals surface area contributed by atoms with Crippen LogP contribution in [0, 0.1) is 6.92 Å². The monoisotopic (exact) mass is 427 g/mol. The average Bonchev–Trinajstić information content (AvgIpc) is 3.27. The summed E-state index contributed by atoms with van der Waals surface area (Å²) in [6.45, 7) is 1.96. The average molecular weight is 427 g/mol. The first-order chi connectivity index (χ1) is 15.2. The molecule has 0 spiro atoms. The summed E-state index contributed by atoms with van der Waals surface area (Å²) in [6, 6.07) is 20.6. The van der Waals surface area contributed by atoms with Crippen LogP contribution in [0.25, 0.3) is 28.2 Å². The molecular formula is C23H17N5O2S. The molecule has 8 heteroatoms. The lowest BCUT2D eigenvalue weighted by molar-refractivity contribution is 0.528. The molecule has 152 valence electrons. The molecule has 0 aliphatic carbocycles. The van der Waals surface area contributed by atoms with Crippen LogP contribution < -0.4 is 5.56 Å². The minimum Gasteiger partial charge on any atom is -0.420 e. The van der Waals surface area contributed by atoms with Gasteiger partial charge in [0.2, 0.25) is 11.8 Å². The first-order valence-corrected chi connectivity index (χ1v) is 10.6. The Bertz CT molecular complexity index is 1430. The topological polar surface area (TPSA) is 86.7 Å². The number of fused-ring (bicyclic) bond motifs is 1. The summed E-state index contributed by atoms with van der Waals surface area (Å²) >= 11 is 1.35. The zero-order valence-electron chi connectivity index (χ0n) is 16.6. The second-order valence-electron chi connectivity index (χ2n) is 6.90. The molecule has 2 aromatic carbocycles. The van der Waals surface area contributed by atoms with Crippen LogP contribution in [0.4, 0.5) is 0 Å². The Morgan fingerprint density at radius 3 is 2.65 bits per heavy atom. The third kappa shape index (κ3) is 3.85. The number of aromatic nitrogens is 5. The second-order valence-corrected chi connectivity index (χ2v) is 7.84. The maximum absolute atomic E-state index is 13.3. The van der Waals surface area contributed by atoms with Gasteiger partial charge in [-0.1, -0.05) is 42.1 Å². The van der Waals surface area contributed by atoms with Crippen molar-refractivity contribution in [3.63, 3.8) is 0 Å². The molecule has 0 amide bonds. The molecule has 3 aromatic heterocycles. The highest BCUT2D eigenvalue weighted by molar-refractivity contribution is 7.98. The minimum absolute atomic E-state index is 0.165. The number of nitrogens with zero attached hydrogens (tertiary/aromatic N) is 5. The Hall–Kier alpha value is -3.78. The summed E-state index contributed by atoms with van der Waals surface area (Å²) in [7, 11) is 0. The van der Waals surface area contributed by atoms with E-state index < -0.39 is 0 Å². The molecular weight excluding hydrogens is 410 g/mol. The largest absolute Gasteiger partial charge is 0.420 e. The summed E-state index contributed by atoms with van der Waals surface area (Å²) in [5.74, 6) is 1.81. The highest BCUT2D eigenvalue weighted by atomic mass is 32.2. The fourth-order valence-electron chi connectivity index (χ4n) is 3.19. The zero-order chi connectivity index (χ0) is 21.2. The molecule has 0 bridgehead atoms. The van der Waals surface area contributed by atoms with Crippen LogP contribution in [-0.4, -0.2) is 24.7 Å². The molecule has 0 radical (unpaired) electrons. The summed E-state index contributed by atoms with van der Waals surface area (Å²) in [5.41, 5.74) is 2.33. The molecule has 3 heterocycles. The van der Waals surface area contributed by atoms with E-state index in [1.807, 2.05) is 67.6 Å². The van der Waals surface area contributed by atoms with Gasteiger partial charge < -0.3 is 4.42 Å². The molecule has 0 aliphatic rings. The standard InChI is InChI=1S/C23H17N5O2S/c1-15-11-12-24-19(13-15)28-22(29)17-9-5-6-10-18(17)25-23(28)31-14-20-26-27-21(30-20)16-7-3-2-4-8-16/h2-13H,14H2,1H3. The molecule has 0 fully saturated rings. The predicted molar refractivity (Wildman–Crippen MR) is 119 cm³/mol. The molecule has 0 aliphatic heterocycles. The molecule has 0 unspecified atom stereocenters. The van der Waals surface area contributed by atoms with Crippen LogP contribution >= 0.6 is 11.8 Å². The van der Waals surface area contributed by atoms with Crippen molar-refractivity contribution in [2.75, 3.05) is 0 Å². The van der Waals surface area contributed by atoms with Crippen molar-refractivity contribution in [3.8, 4) is 17.3 Å². The fraction of sp³-hybridized carbons (Fsp3) is 0.0870. The predicted octanol–water partition coefficient (Wildman–Crippen LogP) is 4.43. The number of pyridine rings is 1. The molecule has 0 atom stereocenters. The van der Waals surface area contributed by atoms with E-state index >= 15 is 0 Å². The van der Waals surface area contributed by atoms with E-state index in [4.69, 9.17) is 9.40 Å². The molecule has 0 saturated carbocycles. The van der Waals surface area contributed by atoms with Gasteiger partial charge in [-0.25, -0.2) is 14.5 Å². The number of aryl methyl sites for hydroxylation is 1. The first-order valence-electron chi connectivity index (χ1n) is 9.64. The first kappa shape index (κ1) is 19.2. The Morgan fingerprint density at radius 2 is 1.81 bits per heavy atom. The van der Waals surface area contributed by atoms with E-state index in [-0.39, 0.29) is 5.56 Å². The van der Waals surface area contributed by atoms with E-state index in [1.54, 1.807) is 12.3 Å². The summed E-state index contributed by atoms with van der Waals surface area (Å²) in [5, 5.41) is 9.32. The van der Waals surface area contributed by atoms with E-state index in [2.05, 4.69) is 15.2 Å². The normalized spacial score (nSPS) is 11.1. The molecule has 31 heavy (non-hydrogen) atoms. The van der Waals surface area contributed by atoms with Gasteiger partial charge in [0.25, 0.3) is 5.56 Å². The van der Waals surface area contributed by atoms with Gasteiger partial charge in [-0.15, -0.1) is 10.2 Å². The number of hydrogen-bond donors (Lipinski definition) is 0. The lowest BCUT2D eigenvalue weighted by atomic mass is 10.2. The number of thioether (sulfide) groups is 1. The van der Waals surface area contributed by atoms with Gasteiger partial charge in [0.1, 0.15) is 5.82 Å². The Morgan fingerprint density at radius 1 is 1.00 bits per heavy atom. The van der Waals surface area contributed by atoms with Gasteiger partial charge >= 0.3 is 0 Å². The van der Waals surface area contributed by atoms with E-state index in [0.29, 0.717) is 39.4 Å². The van der Waals surface area contributed by atoms with Crippen LogP contribution in [0.1, 0.15) is 11.5 Å². The maximum Gasteiger partial charge on any atom is 0.267 e. The van der Waals surface area contributed by atoms with Gasteiger partial charge in [-0.05, 0) is 48.9 Å². The quantitative estimate of drug-likeness (QED) is 0.303. The van der Waals surface area contributed by atoms with Crippen molar-refractivity contribution in [2.45, 2.75) is 17.8 Å². The highest BCUT2D eigenvalue weighted by Crippen LogP contribution is 2.25. The van der Waals surface area contributed by atoms with Crippen molar-refractivity contribution in [3.05, 3.63) is 94.7 Å². The number of para-hydroxylation sites is 1. The van der Waals surface area contributed by atoms with Crippen molar-refractivity contribution >= 4 is 22.7 Å². The molecule has 0 saturated heterocycles. The third-order valence-electron chi connectivity index (χ3n) is 4.69. The number of hydrogen-bond acceptors (Lipinski definition) is 7. The lowest BCUT2D eigenvalue weighted by Gasteiger charge is -2.12. The Kier molecular flexibility index (Phi) is 5.05. The van der Waals surface area contributed by atoms with Crippen LogP contribution in [0.15, 0.2) is 87.3 Å². The van der Waals surface area contributed by atoms with Gasteiger partial charge in [-0.3, -0.25) is 4.79 Å². The smallest absolute Gasteiger partial charge is 0.267 e. The molecule has 7 nitrogen and oxygen atoms in total. The van der Waals surface area contributed by atoms with Crippen LogP contribution in [0.2, 0.25) is 0 Å². The number of rotatable bonds is 5. The second kappa shape index (κ2) is 8.16. The van der Waals surface area contributed by atoms with Crippen LogP contribution in [-0.2, 0) is 5.75 Å². The molecule has 0 N–H and O–H groups in total. The van der Waals surface area contributed by atoms with E-state index in [1.165, 1.54) is 16.3 Å². The third-order valence-corrected chi connectivity index (χ3v) is 5.61. The maximum atomic E-state index is 13.3. The van der Waals surface area contributed by atoms with Crippen molar-refractivity contribution in [2.24, 2.45) is 0 Å². The van der Waals surface area contributed by atoms with Crippen molar-refractivity contribution in [1.82, 2.24) is 24.7 Å². The van der Waals surface area contributed by atoms with Crippen LogP contribution in [0.5, 0.6) is 0 Å². The zero-order valence-corrected chi connectivity index (χ0v) is 17.4. The van der Waals surface area contributed by atoms with Gasteiger partial charge in [0.05, 0.1) is 16.7 Å². The lowest BCUT2D eigenvalue weighted by Crippen LogP contribution is -2.22. The van der Waals surface area contributed by atoms with Gasteiger partial charge in [0.15, 0.2) is 5.16 Å². The fourth-order valence-corrected chi connectivity index (χ4v) is 4.03. The SMILES string of the molecule is Cc1ccnc(-n2c(SCc3nnc(-c4ccccc4)o3)nc3ccccc3c2=O)c1. The number of benzene rings is 2. The van der Waals surface area contributed by atoms with E-state index in [0.717, 1.165) is 11.1 Å². The Labute approximate surface area is 181 Å². The molecule has 5 rings (SSSR count). The summed E-state index contributed by atoms with van der Waals surface area (Å²) in [4.78, 5) is 22.4. The summed E-state index contributed by atoms with van der Waals surface area (Å²) in [6.07, 6.45) is 1.69. The van der Waals surface area contributed by atoms with Crippen molar-refractivity contribution in [1.29, 1.82) is 0 Å².